The summed E-state index contributed by atoms with van der Waals surface area (Å²) < 4.78 is 1.71. The fourth-order valence-corrected chi connectivity index (χ4v) is 3.90. The van der Waals surface area contributed by atoms with Crippen LogP contribution >= 0.6 is 11.6 Å². The van der Waals surface area contributed by atoms with Gasteiger partial charge in [-0.25, -0.2) is 14.7 Å². The summed E-state index contributed by atoms with van der Waals surface area (Å²) in [5.74, 6) is 0.137. The molecule has 2 aliphatic heterocycles. The highest BCUT2D eigenvalue weighted by Crippen LogP contribution is 2.35. The molecule has 0 saturated carbocycles. The maximum absolute atomic E-state index is 13.6. The predicted octanol–water partition coefficient (Wildman–Crippen LogP) is 4.67. The Morgan fingerprint density at radius 1 is 1.16 bits per heavy atom. The molecule has 8 heteroatoms. The average Bonchev–Trinajstić information content (AvgIpc) is 3.12. The molecule has 2 aromatic carbocycles. The summed E-state index contributed by atoms with van der Waals surface area (Å²) in [7, 11) is 0. The number of hydroxylamine groups is 2. The Labute approximate surface area is 183 Å². The first kappa shape index (κ1) is 19.3. The number of amides is 1. The van der Waals surface area contributed by atoms with Crippen LogP contribution in [0.1, 0.15) is 16.1 Å². The molecule has 154 valence electrons. The third-order valence-electron chi connectivity index (χ3n) is 5.17. The van der Waals surface area contributed by atoms with Crippen LogP contribution in [-0.2, 0) is 0 Å². The summed E-state index contributed by atoms with van der Waals surface area (Å²) in [5, 5.41) is 15.9. The van der Waals surface area contributed by atoms with Crippen molar-refractivity contribution in [3.8, 4) is 5.69 Å². The number of hydrogen-bond acceptors (Lipinski definition) is 5. The first-order valence-electron chi connectivity index (χ1n) is 9.69. The third kappa shape index (κ3) is 3.43. The van der Waals surface area contributed by atoms with Crippen LogP contribution in [0.4, 0.5) is 11.4 Å². The standard InChI is InChI=1S/C23H18ClN5O2/c1-15-10-12-28(26-15)17-8-9-18(19(24)13-17)23(30)27-14-16-5-4-11-29(31)22(16)25-20-6-2-3-7-21(20)27/h2-13,31H,14H2,1H3. The predicted molar refractivity (Wildman–Crippen MR) is 119 cm³/mol. The molecule has 3 heterocycles. The van der Waals surface area contributed by atoms with Gasteiger partial charge in [0.15, 0.2) is 5.84 Å². The highest BCUT2D eigenvalue weighted by molar-refractivity contribution is 6.35. The highest BCUT2D eigenvalue weighted by Gasteiger charge is 2.29. The molecule has 0 bridgehead atoms. The molecular formula is C23H18ClN5O2. The molecule has 0 spiro atoms. The lowest BCUT2D eigenvalue weighted by Crippen LogP contribution is -2.36. The number of nitrogens with zero attached hydrogens (tertiary/aromatic N) is 5. The monoisotopic (exact) mass is 431 g/mol. The Hall–Kier alpha value is -3.68. The van der Waals surface area contributed by atoms with Gasteiger partial charge in [0.1, 0.15) is 0 Å². The van der Waals surface area contributed by atoms with Gasteiger partial charge in [0.2, 0.25) is 0 Å². The van der Waals surface area contributed by atoms with E-state index in [1.807, 2.05) is 55.6 Å². The second-order valence-corrected chi connectivity index (χ2v) is 7.67. The number of benzene rings is 2. The number of carbonyl (C=O) groups excluding carboxylic acids is 1. The number of rotatable bonds is 2. The number of fused-ring (bicyclic) bond motifs is 2. The largest absolute Gasteiger partial charge is 0.302 e. The number of aryl methyl sites for hydroxylation is 1. The Kier molecular flexibility index (Phi) is 4.69. The van der Waals surface area contributed by atoms with Gasteiger partial charge in [0, 0.05) is 18.0 Å². The van der Waals surface area contributed by atoms with Gasteiger partial charge in [-0.3, -0.25) is 10.0 Å². The van der Waals surface area contributed by atoms with E-state index in [-0.39, 0.29) is 12.5 Å². The molecule has 0 aliphatic carbocycles. The molecular weight excluding hydrogens is 414 g/mol. The molecule has 0 atom stereocenters. The van der Waals surface area contributed by atoms with E-state index in [0.717, 1.165) is 16.4 Å². The number of carbonyl (C=O) groups is 1. The van der Waals surface area contributed by atoms with Crippen LogP contribution in [0.3, 0.4) is 0 Å². The zero-order chi connectivity index (χ0) is 21.5. The van der Waals surface area contributed by atoms with Gasteiger partial charge in [-0.15, -0.1) is 0 Å². The van der Waals surface area contributed by atoms with Crippen LogP contribution in [0.2, 0.25) is 5.02 Å². The van der Waals surface area contributed by atoms with Crippen LogP contribution in [0.15, 0.2) is 83.6 Å². The zero-order valence-electron chi connectivity index (χ0n) is 16.6. The lowest BCUT2D eigenvalue weighted by atomic mass is 10.1. The van der Waals surface area contributed by atoms with Crippen molar-refractivity contribution in [2.75, 3.05) is 11.4 Å². The Bertz CT molecular complexity index is 1290. The molecule has 1 N–H and O–H groups in total. The SMILES string of the molecule is Cc1ccn(-c2ccc(C(=O)N3CC4=CC=CN(O)C4=Nc4ccccc43)c(Cl)c2)n1. The fraction of sp³-hybridized carbons (Fsp3) is 0.0870. The van der Waals surface area contributed by atoms with E-state index in [4.69, 9.17) is 11.6 Å². The molecule has 1 aromatic heterocycles. The second-order valence-electron chi connectivity index (χ2n) is 7.26. The first-order chi connectivity index (χ1) is 15.0. The smallest absolute Gasteiger partial charge is 0.260 e. The molecule has 0 fully saturated rings. The minimum absolute atomic E-state index is 0.243. The van der Waals surface area contributed by atoms with E-state index >= 15 is 0 Å². The van der Waals surface area contributed by atoms with Crippen LogP contribution in [0, 0.1) is 6.92 Å². The molecule has 0 radical (unpaired) electrons. The number of amidine groups is 1. The van der Waals surface area contributed by atoms with E-state index in [2.05, 4.69) is 10.1 Å². The number of halogens is 1. The normalized spacial score (nSPS) is 15.1. The van der Waals surface area contributed by atoms with Crippen molar-refractivity contribution < 1.29 is 10.0 Å². The fourth-order valence-electron chi connectivity index (χ4n) is 3.64. The van der Waals surface area contributed by atoms with Crippen molar-refractivity contribution in [3.63, 3.8) is 0 Å². The molecule has 3 aromatic rings. The molecule has 0 saturated heterocycles. The Morgan fingerprint density at radius 3 is 2.77 bits per heavy atom. The minimum atomic E-state index is -0.253. The van der Waals surface area contributed by atoms with Gasteiger partial charge in [0.25, 0.3) is 5.91 Å². The number of para-hydroxylation sites is 2. The van der Waals surface area contributed by atoms with Crippen molar-refractivity contribution in [2.24, 2.45) is 4.99 Å². The summed E-state index contributed by atoms with van der Waals surface area (Å²) in [6.45, 7) is 2.15. The van der Waals surface area contributed by atoms with Crippen molar-refractivity contribution in [1.82, 2.24) is 14.8 Å². The van der Waals surface area contributed by atoms with Gasteiger partial charge in [-0.2, -0.15) is 5.10 Å². The zero-order valence-corrected chi connectivity index (χ0v) is 17.4. The summed E-state index contributed by atoms with van der Waals surface area (Å²) >= 11 is 6.54. The summed E-state index contributed by atoms with van der Waals surface area (Å²) in [6, 6.07) is 14.5. The van der Waals surface area contributed by atoms with Gasteiger partial charge in [-0.1, -0.05) is 29.8 Å². The van der Waals surface area contributed by atoms with E-state index in [1.165, 1.54) is 6.20 Å². The molecule has 0 unspecified atom stereocenters. The second kappa shape index (κ2) is 7.54. The van der Waals surface area contributed by atoms with Gasteiger partial charge in [0.05, 0.1) is 39.9 Å². The summed E-state index contributed by atoms with van der Waals surface area (Å²) in [6.07, 6.45) is 6.90. The summed E-state index contributed by atoms with van der Waals surface area (Å²) in [5.41, 5.74) is 3.98. The topological polar surface area (TPSA) is 74.0 Å². The maximum Gasteiger partial charge on any atom is 0.260 e. The van der Waals surface area contributed by atoms with Crippen molar-refractivity contribution in [2.45, 2.75) is 6.92 Å². The number of aromatic nitrogens is 2. The van der Waals surface area contributed by atoms with E-state index < -0.39 is 0 Å². The quantitative estimate of drug-likeness (QED) is 0.639. The summed E-state index contributed by atoms with van der Waals surface area (Å²) in [4.78, 5) is 19.8. The van der Waals surface area contributed by atoms with E-state index in [9.17, 15) is 10.0 Å². The number of aliphatic imine (C=N–C) groups is 1. The average molecular weight is 432 g/mol. The first-order valence-corrected chi connectivity index (χ1v) is 10.1. The van der Waals surface area contributed by atoms with Crippen molar-refractivity contribution >= 4 is 34.7 Å². The third-order valence-corrected chi connectivity index (χ3v) is 5.48. The lowest BCUT2D eigenvalue weighted by molar-refractivity contribution is 0.0373. The lowest BCUT2D eigenvalue weighted by Gasteiger charge is -2.25. The molecule has 5 rings (SSSR count). The van der Waals surface area contributed by atoms with Crippen molar-refractivity contribution in [3.05, 3.63) is 94.9 Å². The van der Waals surface area contributed by atoms with E-state index in [1.54, 1.807) is 27.8 Å². The highest BCUT2D eigenvalue weighted by atomic mass is 35.5. The number of anilines is 1. The Balaban J connectivity index is 1.55. The van der Waals surface area contributed by atoms with Crippen molar-refractivity contribution in [1.29, 1.82) is 0 Å². The van der Waals surface area contributed by atoms with Gasteiger partial charge in [-0.05, 0) is 49.4 Å². The number of hydrogen-bond donors (Lipinski definition) is 1. The maximum atomic E-state index is 13.6. The van der Waals surface area contributed by atoms with Gasteiger partial charge < -0.3 is 4.90 Å². The molecule has 1 amide bonds. The Morgan fingerprint density at radius 2 is 2.00 bits per heavy atom. The van der Waals surface area contributed by atoms with E-state index in [0.29, 0.717) is 33.4 Å². The van der Waals surface area contributed by atoms with Crippen LogP contribution in [0.25, 0.3) is 5.69 Å². The van der Waals surface area contributed by atoms with Gasteiger partial charge >= 0.3 is 0 Å². The van der Waals surface area contributed by atoms with Crippen LogP contribution < -0.4 is 4.90 Å². The molecule has 7 nitrogen and oxygen atoms in total. The minimum Gasteiger partial charge on any atom is -0.302 e. The van der Waals surface area contributed by atoms with Crippen LogP contribution in [-0.4, -0.2) is 38.3 Å². The number of allylic oxidation sites excluding steroid dienone is 2. The molecule has 2 aliphatic rings. The van der Waals surface area contributed by atoms with Crippen LogP contribution in [0.5, 0.6) is 0 Å². The molecule has 31 heavy (non-hydrogen) atoms.